The van der Waals surface area contributed by atoms with Crippen molar-refractivity contribution in [1.82, 2.24) is 30.6 Å². The van der Waals surface area contributed by atoms with Gasteiger partial charge in [0.1, 0.15) is 0 Å². The Morgan fingerprint density at radius 2 is 1.88 bits per heavy atom. The molecule has 0 unspecified atom stereocenters. The Morgan fingerprint density at radius 3 is 2.72 bits per heavy atom. The van der Waals surface area contributed by atoms with Gasteiger partial charge in [-0.05, 0) is 45.1 Å². The molecule has 3 aliphatic rings. The SMILES string of the molecule is C1C[C@H](NCc2nnc(C3CC3)o2)CN(Cc2noc(C3CC3)n2)C1. The van der Waals surface area contributed by atoms with Gasteiger partial charge in [0.05, 0.1) is 13.1 Å². The molecule has 8 nitrogen and oxygen atoms in total. The summed E-state index contributed by atoms with van der Waals surface area (Å²) in [6.07, 6.45) is 7.09. The molecule has 2 aliphatic carbocycles. The molecule has 1 saturated heterocycles. The van der Waals surface area contributed by atoms with Crippen LogP contribution in [-0.4, -0.2) is 44.4 Å². The van der Waals surface area contributed by atoms with E-state index in [1.165, 1.54) is 38.5 Å². The summed E-state index contributed by atoms with van der Waals surface area (Å²) in [4.78, 5) is 6.93. The molecule has 25 heavy (non-hydrogen) atoms. The Bertz CT molecular complexity index is 720. The maximum absolute atomic E-state index is 5.72. The minimum atomic E-state index is 0.430. The molecular weight excluding hydrogens is 320 g/mol. The highest BCUT2D eigenvalue weighted by Gasteiger charge is 2.31. The highest BCUT2D eigenvalue weighted by molar-refractivity contribution is 5.02. The summed E-state index contributed by atoms with van der Waals surface area (Å²) in [6.45, 7) is 3.47. The maximum atomic E-state index is 5.72. The lowest BCUT2D eigenvalue weighted by atomic mass is 10.1. The van der Waals surface area contributed by atoms with Gasteiger partial charge < -0.3 is 14.3 Å². The first-order valence-electron chi connectivity index (χ1n) is 9.44. The first-order chi connectivity index (χ1) is 12.3. The Kier molecular flexibility index (Phi) is 4.01. The van der Waals surface area contributed by atoms with E-state index >= 15 is 0 Å². The van der Waals surface area contributed by atoms with Crippen LogP contribution in [0.4, 0.5) is 0 Å². The number of rotatable bonds is 7. The van der Waals surface area contributed by atoms with Crippen LogP contribution in [0.5, 0.6) is 0 Å². The molecule has 0 amide bonds. The van der Waals surface area contributed by atoms with Gasteiger partial charge in [-0.25, -0.2) is 0 Å². The van der Waals surface area contributed by atoms with Gasteiger partial charge >= 0.3 is 0 Å². The van der Waals surface area contributed by atoms with Gasteiger partial charge in [0.15, 0.2) is 5.82 Å². The van der Waals surface area contributed by atoms with Crippen LogP contribution in [-0.2, 0) is 13.1 Å². The van der Waals surface area contributed by atoms with Crippen LogP contribution in [0, 0.1) is 0 Å². The second-order valence-electron chi connectivity index (χ2n) is 7.59. The highest BCUT2D eigenvalue weighted by Crippen LogP contribution is 2.39. The van der Waals surface area contributed by atoms with Crippen LogP contribution in [0.15, 0.2) is 8.94 Å². The Balaban J connectivity index is 1.12. The minimum absolute atomic E-state index is 0.430. The van der Waals surface area contributed by atoms with Gasteiger partial charge in [-0.2, -0.15) is 4.98 Å². The highest BCUT2D eigenvalue weighted by atomic mass is 16.5. The van der Waals surface area contributed by atoms with Crippen molar-refractivity contribution in [2.75, 3.05) is 13.1 Å². The third-order valence-corrected chi connectivity index (χ3v) is 5.23. The molecule has 2 saturated carbocycles. The predicted octanol–water partition coefficient (Wildman–Crippen LogP) is 1.96. The van der Waals surface area contributed by atoms with Gasteiger partial charge in [-0.3, -0.25) is 4.90 Å². The Hall–Kier alpha value is -1.80. The molecule has 3 fully saturated rings. The molecule has 5 rings (SSSR count). The van der Waals surface area contributed by atoms with E-state index in [-0.39, 0.29) is 0 Å². The van der Waals surface area contributed by atoms with E-state index in [0.717, 1.165) is 37.2 Å². The summed E-state index contributed by atoms with van der Waals surface area (Å²) in [6, 6.07) is 0.430. The molecule has 0 spiro atoms. The molecule has 2 aromatic heterocycles. The van der Waals surface area contributed by atoms with Crippen LogP contribution < -0.4 is 5.32 Å². The van der Waals surface area contributed by atoms with Crippen molar-refractivity contribution >= 4 is 0 Å². The molecule has 0 bridgehead atoms. The topological polar surface area (TPSA) is 93.1 Å². The van der Waals surface area contributed by atoms with Gasteiger partial charge in [0.25, 0.3) is 0 Å². The molecular formula is C17H24N6O2. The zero-order chi connectivity index (χ0) is 16.6. The summed E-state index contributed by atoms with van der Waals surface area (Å²) in [5, 5.41) is 16.0. The number of piperidine rings is 1. The van der Waals surface area contributed by atoms with E-state index in [9.17, 15) is 0 Å². The van der Waals surface area contributed by atoms with Crippen LogP contribution in [0.2, 0.25) is 0 Å². The van der Waals surface area contributed by atoms with Gasteiger partial charge in [0.2, 0.25) is 17.7 Å². The van der Waals surface area contributed by atoms with E-state index in [0.29, 0.717) is 30.3 Å². The molecule has 3 heterocycles. The first-order valence-corrected chi connectivity index (χ1v) is 9.44. The average molecular weight is 344 g/mol. The number of likely N-dealkylation sites (tertiary alicyclic amines) is 1. The normalized spacial score (nSPS) is 24.7. The van der Waals surface area contributed by atoms with E-state index in [1.54, 1.807) is 0 Å². The summed E-state index contributed by atoms with van der Waals surface area (Å²) in [5.74, 6) is 4.18. The van der Waals surface area contributed by atoms with Crippen molar-refractivity contribution in [2.24, 2.45) is 0 Å². The number of nitrogens with zero attached hydrogens (tertiary/aromatic N) is 5. The van der Waals surface area contributed by atoms with Crippen LogP contribution in [0.1, 0.15) is 73.9 Å². The molecule has 2 aromatic rings. The zero-order valence-corrected chi connectivity index (χ0v) is 14.4. The molecule has 1 atom stereocenters. The molecule has 1 aliphatic heterocycles. The average Bonchev–Trinajstić information content (AvgIpc) is 3.56. The lowest BCUT2D eigenvalue weighted by Crippen LogP contribution is -2.45. The van der Waals surface area contributed by atoms with Crippen LogP contribution in [0.25, 0.3) is 0 Å². The van der Waals surface area contributed by atoms with Crippen LogP contribution >= 0.6 is 0 Å². The first kappa shape index (κ1) is 15.5. The largest absolute Gasteiger partial charge is 0.424 e. The van der Waals surface area contributed by atoms with Crippen molar-refractivity contribution in [3.05, 3.63) is 23.5 Å². The maximum Gasteiger partial charge on any atom is 0.230 e. The number of nitrogens with one attached hydrogen (secondary N) is 1. The fourth-order valence-electron chi connectivity index (χ4n) is 3.46. The molecule has 134 valence electrons. The molecule has 8 heteroatoms. The fourth-order valence-corrected chi connectivity index (χ4v) is 3.46. The van der Waals surface area contributed by atoms with Gasteiger partial charge in [-0.1, -0.05) is 5.16 Å². The summed E-state index contributed by atoms with van der Waals surface area (Å²) in [7, 11) is 0. The standard InChI is InChI=1S/C17H24N6O2/c1-2-13(18-8-15-20-21-17(24-15)12-5-6-12)9-23(7-1)10-14-19-16(25-22-14)11-3-4-11/h11-13,18H,1-10H2/t13-/m0/s1. The van der Waals surface area contributed by atoms with Crippen molar-refractivity contribution in [3.63, 3.8) is 0 Å². The summed E-state index contributed by atoms with van der Waals surface area (Å²) >= 11 is 0. The van der Waals surface area contributed by atoms with Crippen LogP contribution in [0.3, 0.4) is 0 Å². The summed E-state index contributed by atoms with van der Waals surface area (Å²) < 4.78 is 11.1. The van der Waals surface area contributed by atoms with Crippen molar-refractivity contribution in [1.29, 1.82) is 0 Å². The lowest BCUT2D eigenvalue weighted by molar-refractivity contribution is 0.175. The van der Waals surface area contributed by atoms with Crippen molar-refractivity contribution in [3.8, 4) is 0 Å². The van der Waals surface area contributed by atoms with E-state index in [4.69, 9.17) is 8.94 Å². The number of aromatic nitrogens is 4. The summed E-state index contributed by atoms with van der Waals surface area (Å²) in [5.41, 5.74) is 0. The smallest absolute Gasteiger partial charge is 0.230 e. The third kappa shape index (κ3) is 3.74. The Labute approximate surface area is 146 Å². The van der Waals surface area contributed by atoms with E-state index in [1.807, 2.05) is 0 Å². The van der Waals surface area contributed by atoms with Gasteiger partial charge in [-0.15, -0.1) is 10.2 Å². The Morgan fingerprint density at radius 1 is 1.04 bits per heavy atom. The molecule has 0 radical (unpaired) electrons. The second kappa shape index (κ2) is 6.49. The molecule has 0 aromatic carbocycles. The van der Waals surface area contributed by atoms with Crippen molar-refractivity contribution in [2.45, 2.75) is 69.5 Å². The number of hydrogen-bond acceptors (Lipinski definition) is 8. The quantitative estimate of drug-likeness (QED) is 0.815. The lowest BCUT2D eigenvalue weighted by Gasteiger charge is -2.32. The number of hydrogen-bond donors (Lipinski definition) is 1. The second-order valence-corrected chi connectivity index (χ2v) is 7.59. The third-order valence-electron chi connectivity index (χ3n) is 5.23. The minimum Gasteiger partial charge on any atom is -0.424 e. The van der Waals surface area contributed by atoms with E-state index in [2.05, 4.69) is 30.6 Å². The zero-order valence-electron chi connectivity index (χ0n) is 14.4. The van der Waals surface area contributed by atoms with Crippen molar-refractivity contribution < 1.29 is 8.94 Å². The van der Waals surface area contributed by atoms with Gasteiger partial charge in [0, 0.05) is 24.4 Å². The fraction of sp³-hybridized carbons (Fsp3) is 0.765. The monoisotopic (exact) mass is 344 g/mol. The predicted molar refractivity (Wildman–Crippen MR) is 87.7 cm³/mol. The van der Waals surface area contributed by atoms with E-state index < -0.39 is 0 Å². The molecule has 1 N–H and O–H groups in total.